The smallest absolute Gasteiger partial charge is 0.279 e. The molecule has 3 rings (SSSR count). The predicted octanol–water partition coefficient (Wildman–Crippen LogP) is 2.80. The van der Waals surface area contributed by atoms with E-state index in [1.54, 1.807) is 0 Å². The number of hydrogen-bond acceptors (Lipinski definition) is 6. The molecular weight excluding hydrogens is 300 g/mol. The highest BCUT2D eigenvalue weighted by Crippen LogP contribution is 2.28. The van der Waals surface area contributed by atoms with Gasteiger partial charge in [-0.25, -0.2) is 9.97 Å². The minimum absolute atomic E-state index is 0.236. The molecule has 118 valence electrons. The van der Waals surface area contributed by atoms with Gasteiger partial charge in [0.1, 0.15) is 5.76 Å². The van der Waals surface area contributed by atoms with Gasteiger partial charge >= 0.3 is 0 Å². The number of rotatable bonds is 5. The van der Waals surface area contributed by atoms with Gasteiger partial charge in [-0.2, -0.15) is 0 Å². The van der Waals surface area contributed by atoms with Crippen LogP contribution < -0.4 is 10.6 Å². The number of carbonyl (C=O) groups excluding carboxylic acids is 1. The summed E-state index contributed by atoms with van der Waals surface area (Å²) in [7, 11) is 0. The first-order valence-corrected chi connectivity index (χ1v) is 8.49. The molecule has 0 bridgehead atoms. The van der Waals surface area contributed by atoms with Crippen molar-refractivity contribution >= 4 is 22.4 Å². The second-order valence-corrected chi connectivity index (χ2v) is 6.54. The van der Waals surface area contributed by atoms with Gasteiger partial charge in [0.15, 0.2) is 17.2 Å². The van der Waals surface area contributed by atoms with Gasteiger partial charge in [0.2, 0.25) is 0 Å². The predicted molar refractivity (Wildman–Crippen MR) is 85.4 cm³/mol. The van der Waals surface area contributed by atoms with Crippen LogP contribution in [0.2, 0.25) is 0 Å². The van der Waals surface area contributed by atoms with Gasteiger partial charge < -0.3 is 9.73 Å². The summed E-state index contributed by atoms with van der Waals surface area (Å²) in [5.74, 6) is 0.723. The third-order valence-corrected chi connectivity index (χ3v) is 4.76. The molecular formula is C15H20N4O2S. The van der Waals surface area contributed by atoms with Crippen LogP contribution in [-0.4, -0.2) is 29.0 Å². The fraction of sp³-hybridized carbons (Fsp3) is 0.533. The van der Waals surface area contributed by atoms with E-state index in [9.17, 15) is 4.79 Å². The van der Waals surface area contributed by atoms with Crippen LogP contribution in [0.1, 0.15) is 53.2 Å². The van der Waals surface area contributed by atoms with Crippen molar-refractivity contribution < 1.29 is 9.21 Å². The van der Waals surface area contributed by atoms with Crippen molar-refractivity contribution in [1.82, 2.24) is 15.3 Å². The van der Waals surface area contributed by atoms with Crippen molar-refractivity contribution in [3.63, 3.8) is 0 Å². The molecule has 1 saturated heterocycles. The number of aromatic nitrogens is 2. The summed E-state index contributed by atoms with van der Waals surface area (Å²) in [5, 5.41) is 6.76. The van der Waals surface area contributed by atoms with Crippen LogP contribution in [-0.2, 0) is 6.42 Å². The van der Waals surface area contributed by atoms with E-state index in [4.69, 9.17) is 4.42 Å². The van der Waals surface area contributed by atoms with Crippen molar-refractivity contribution in [3.05, 3.63) is 28.9 Å². The highest BCUT2D eigenvalue weighted by atomic mass is 32.1. The van der Waals surface area contributed by atoms with Crippen LogP contribution in [0.4, 0.5) is 5.13 Å². The fourth-order valence-electron chi connectivity index (χ4n) is 2.68. The van der Waals surface area contributed by atoms with Crippen molar-refractivity contribution in [2.24, 2.45) is 0 Å². The maximum absolute atomic E-state index is 12.4. The summed E-state index contributed by atoms with van der Waals surface area (Å²) in [6, 6.07) is 0. The molecule has 0 saturated carbocycles. The first kappa shape index (κ1) is 15.2. The van der Waals surface area contributed by atoms with Crippen molar-refractivity contribution in [3.8, 4) is 0 Å². The Kier molecular flexibility index (Phi) is 4.84. The molecule has 22 heavy (non-hydrogen) atoms. The van der Waals surface area contributed by atoms with E-state index in [-0.39, 0.29) is 11.8 Å². The standard InChI is InChI=1S/C15H20N4O2S/c1-2-3-11-8-17-15(22-11)19-14(20)12-13(21-9-18-12)10-4-6-16-7-5-10/h8-10,16H,2-7H2,1H3,(H,17,19,20). The molecule has 0 unspecified atom stereocenters. The number of aryl methyl sites for hydroxylation is 1. The Balaban J connectivity index is 1.70. The molecule has 2 N–H and O–H groups in total. The molecule has 1 aliphatic rings. The van der Waals surface area contributed by atoms with Gasteiger partial charge in [0.25, 0.3) is 5.91 Å². The SMILES string of the molecule is CCCc1cnc(NC(=O)c2ncoc2C2CCNCC2)s1. The van der Waals surface area contributed by atoms with Crippen LogP contribution in [0, 0.1) is 0 Å². The Morgan fingerprint density at radius 2 is 2.27 bits per heavy atom. The molecule has 0 radical (unpaired) electrons. The minimum Gasteiger partial charge on any atom is -0.447 e. The zero-order valence-electron chi connectivity index (χ0n) is 12.6. The third kappa shape index (κ3) is 3.36. The van der Waals surface area contributed by atoms with Gasteiger partial charge in [-0.05, 0) is 32.4 Å². The van der Waals surface area contributed by atoms with Crippen LogP contribution in [0.25, 0.3) is 0 Å². The Bertz CT molecular complexity index is 631. The summed E-state index contributed by atoms with van der Waals surface area (Å²) in [6.45, 7) is 4.01. The molecule has 2 aromatic heterocycles. The minimum atomic E-state index is -0.236. The van der Waals surface area contributed by atoms with E-state index in [2.05, 4.69) is 27.5 Å². The van der Waals surface area contributed by atoms with Gasteiger partial charge in [-0.1, -0.05) is 13.3 Å². The van der Waals surface area contributed by atoms with Crippen LogP contribution in [0.15, 0.2) is 17.0 Å². The second kappa shape index (κ2) is 7.02. The molecule has 0 atom stereocenters. The first-order chi connectivity index (χ1) is 10.8. The van der Waals surface area contributed by atoms with Crippen molar-refractivity contribution in [2.75, 3.05) is 18.4 Å². The Morgan fingerprint density at radius 3 is 3.05 bits per heavy atom. The van der Waals surface area contributed by atoms with E-state index in [0.29, 0.717) is 16.6 Å². The molecule has 0 spiro atoms. The number of anilines is 1. The number of thiazole rings is 1. The maximum Gasteiger partial charge on any atom is 0.279 e. The number of carbonyl (C=O) groups is 1. The van der Waals surface area contributed by atoms with Gasteiger partial charge in [0, 0.05) is 17.0 Å². The molecule has 0 aliphatic carbocycles. The zero-order chi connectivity index (χ0) is 15.4. The van der Waals surface area contributed by atoms with Crippen LogP contribution in [0.3, 0.4) is 0 Å². The lowest BCUT2D eigenvalue weighted by atomic mass is 9.94. The molecule has 7 heteroatoms. The number of hydrogen-bond donors (Lipinski definition) is 2. The number of piperidine rings is 1. The summed E-state index contributed by atoms with van der Waals surface area (Å²) < 4.78 is 5.49. The van der Waals surface area contributed by atoms with Gasteiger partial charge in [-0.3, -0.25) is 10.1 Å². The molecule has 6 nitrogen and oxygen atoms in total. The highest BCUT2D eigenvalue weighted by Gasteiger charge is 2.26. The second-order valence-electron chi connectivity index (χ2n) is 5.43. The van der Waals surface area contributed by atoms with E-state index < -0.39 is 0 Å². The zero-order valence-corrected chi connectivity index (χ0v) is 13.4. The average molecular weight is 320 g/mol. The monoisotopic (exact) mass is 320 g/mol. The van der Waals surface area contributed by atoms with Gasteiger partial charge in [-0.15, -0.1) is 11.3 Å². The lowest BCUT2D eigenvalue weighted by Crippen LogP contribution is -2.27. The van der Waals surface area contributed by atoms with Crippen molar-refractivity contribution in [2.45, 2.75) is 38.5 Å². The number of oxazole rings is 1. The summed E-state index contributed by atoms with van der Waals surface area (Å²) in [6.07, 6.45) is 7.16. The van der Waals surface area contributed by atoms with E-state index >= 15 is 0 Å². The molecule has 1 fully saturated rings. The molecule has 1 aliphatic heterocycles. The number of nitrogens with one attached hydrogen (secondary N) is 2. The summed E-state index contributed by atoms with van der Waals surface area (Å²) in [4.78, 5) is 22.0. The highest BCUT2D eigenvalue weighted by molar-refractivity contribution is 7.15. The Hall–Kier alpha value is -1.73. The molecule has 2 aromatic rings. The first-order valence-electron chi connectivity index (χ1n) is 7.68. The lowest BCUT2D eigenvalue weighted by Gasteiger charge is -2.20. The normalized spacial score (nSPS) is 15.9. The Labute approximate surface area is 133 Å². The number of amides is 1. The lowest BCUT2D eigenvalue weighted by molar-refractivity contribution is 0.102. The summed E-state index contributed by atoms with van der Waals surface area (Å²) >= 11 is 1.51. The largest absolute Gasteiger partial charge is 0.447 e. The van der Waals surface area contributed by atoms with E-state index in [1.807, 2.05) is 6.20 Å². The maximum atomic E-state index is 12.4. The molecule has 3 heterocycles. The fourth-order valence-corrected chi connectivity index (χ4v) is 3.59. The van der Waals surface area contributed by atoms with Gasteiger partial charge in [0.05, 0.1) is 0 Å². The van der Waals surface area contributed by atoms with E-state index in [0.717, 1.165) is 38.8 Å². The topological polar surface area (TPSA) is 80.1 Å². The number of nitrogens with zero attached hydrogens (tertiary/aromatic N) is 2. The quantitative estimate of drug-likeness (QED) is 0.885. The average Bonchev–Trinajstić information content (AvgIpc) is 3.18. The van der Waals surface area contributed by atoms with Crippen LogP contribution >= 0.6 is 11.3 Å². The van der Waals surface area contributed by atoms with E-state index in [1.165, 1.54) is 22.6 Å². The third-order valence-electron chi connectivity index (χ3n) is 3.79. The van der Waals surface area contributed by atoms with Crippen molar-refractivity contribution in [1.29, 1.82) is 0 Å². The molecule has 1 amide bonds. The summed E-state index contributed by atoms with van der Waals surface area (Å²) in [5.41, 5.74) is 0.388. The van der Waals surface area contributed by atoms with Crippen LogP contribution in [0.5, 0.6) is 0 Å². The molecule has 0 aromatic carbocycles. The Morgan fingerprint density at radius 1 is 1.45 bits per heavy atom.